The van der Waals surface area contributed by atoms with Crippen LogP contribution in [0.15, 0.2) is 12.1 Å². The zero-order valence-electron chi connectivity index (χ0n) is 8.82. The number of hydrogen-bond acceptors (Lipinski definition) is 4. The molecule has 1 aromatic rings. The molecule has 0 aromatic heterocycles. The molecule has 1 rings (SSSR count). The van der Waals surface area contributed by atoms with Gasteiger partial charge in [0.05, 0.1) is 13.7 Å². The van der Waals surface area contributed by atoms with E-state index in [1.165, 1.54) is 7.11 Å². The number of methoxy groups -OCH3 is 2. The highest BCUT2D eigenvalue weighted by molar-refractivity contribution is 5.62. The molecule has 82 valence electrons. The Balaban J connectivity index is 3.15. The molecule has 0 unspecified atom stereocenters. The van der Waals surface area contributed by atoms with E-state index >= 15 is 0 Å². The lowest BCUT2D eigenvalue weighted by Crippen LogP contribution is -1.98. The van der Waals surface area contributed by atoms with Crippen LogP contribution in [0, 0.1) is 0 Å². The fraction of sp³-hybridized carbons (Fsp3) is 0.364. The summed E-state index contributed by atoms with van der Waals surface area (Å²) in [6.45, 7) is 0.307. The summed E-state index contributed by atoms with van der Waals surface area (Å²) in [6, 6.07) is 3.43. The topological polar surface area (TPSA) is 55.8 Å². The van der Waals surface area contributed by atoms with Gasteiger partial charge in [0.1, 0.15) is 17.8 Å². The Kier molecular flexibility index (Phi) is 4.12. The second kappa shape index (κ2) is 5.36. The predicted molar refractivity (Wildman–Crippen MR) is 55.1 cm³/mol. The average molecular weight is 210 g/mol. The van der Waals surface area contributed by atoms with Crippen molar-refractivity contribution < 1.29 is 19.4 Å². The number of carbonyl (C=O) groups excluding carboxylic acids is 1. The van der Waals surface area contributed by atoms with E-state index in [-0.39, 0.29) is 12.2 Å². The van der Waals surface area contributed by atoms with E-state index in [2.05, 4.69) is 0 Å². The van der Waals surface area contributed by atoms with Crippen LogP contribution >= 0.6 is 0 Å². The average Bonchev–Trinajstić information content (AvgIpc) is 2.25. The van der Waals surface area contributed by atoms with Gasteiger partial charge in [-0.1, -0.05) is 0 Å². The van der Waals surface area contributed by atoms with Crippen molar-refractivity contribution in [1.82, 2.24) is 0 Å². The van der Waals surface area contributed by atoms with Gasteiger partial charge in [0.2, 0.25) is 0 Å². The number of hydrogen-bond donors (Lipinski definition) is 1. The molecule has 1 N–H and O–H groups in total. The van der Waals surface area contributed by atoms with Crippen molar-refractivity contribution in [3.63, 3.8) is 0 Å². The maximum absolute atomic E-state index is 10.5. The fourth-order valence-corrected chi connectivity index (χ4v) is 1.41. The van der Waals surface area contributed by atoms with Gasteiger partial charge >= 0.3 is 0 Å². The van der Waals surface area contributed by atoms with Crippen molar-refractivity contribution in [2.24, 2.45) is 0 Å². The second-order valence-corrected chi connectivity index (χ2v) is 3.06. The normalized spacial score (nSPS) is 10.0. The first-order valence-corrected chi connectivity index (χ1v) is 4.54. The Labute approximate surface area is 88.4 Å². The Hall–Kier alpha value is -1.55. The number of carbonyl (C=O) groups is 1. The Morgan fingerprint density at radius 2 is 2.13 bits per heavy atom. The number of phenols is 1. The summed E-state index contributed by atoms with van der Waals surface area (Å²) < 4.78 is 9.98. The third-order valence-electron chi connectivity index (χ3n) is 2.13. The summed E-state index contributed by atoms with van der Waals surface area (Å²) in [5.74, 6) is 0.586. The van der Waals surface area contributed by atoms with Gasteiger partial charge in [-0.15, -0.1) is 0 Å². The minimum absolute atomic E-state index is 0.0725. The summed E-state index contributed by atoms with van der Waals surface area (Å²) in [5.41, 5.74) is 1.15. The van der Waals surface area contributed by atoms with E-state index in [1.807, 2.05) is 0 Å². The number of aromatic hydroxyl groups is 1. The van der Waals surface area contributed by atoms with Crippen molar-refractivity contribution in [2.75, 3.05) is 14.2 Å². The number of ether oxygens (including phenoxy) is 2. The molecule has 0 saturated heterocycles. The van der Waals surface area contributed by atoms with E-state index in [9.17, 15) is 9.90 Å². The number of aldehydes is 1. The summed E-state index contributed by atoms with van der Waals surface area (Å²) in [5, 5.41) is 9.84. The molecule has 0 spiro atoms. The lowest BCUT2D eigenvalue weighted by atomic mass is 10.1. The highest BCUT2D eigenvalue weighted by Crippen LogP contribution is 2.31. The van der Waals surface area contributed by atoms with Crippen LogP contribution in [0.1, 0.15) is 11.1 Å². The first-order chi connectivity index (χ1) is 7.24. The van der Waals surface area contributed by atoms with Crippen LogP contribution in [-0.2, 0) is 22.6 Å². The van der Waals surface area contributed by atoms with Gasteiger partial charge in [-0.05, 0) is 12.1 Å². The molecule has 0 aliphatic heterocycles. The van der Waals surface area contributed by atoms with Gasteiger partial charge in [0.15, 0.2) is 0 Å². The first-order valence-electron chi connectivity index (χ1n) is 4.54. The molecule has 0 amide bonds. The maximum atomic E-state index is 10.5. The van der Waals surface area contributed by atoms with E-state index in [0.29, 0.717) is 23.5 Å². The fourth-order valence-electron chi connectivity index (χ4n) is 1.41. The summed E-state index contributed by atoms with van der Waals surface area (Å²) in [4.78, 5) is 10.5. The van der Waals surface area contributed by atoms with Crippen LogP contribution in [0.2, 0.25) is 0 Å². The molecule has 0 aliphatic carbocycles. The maximum Gasteiger partial charge on any atom is 0.128 e. The molecule has 0 radical (unpaired) electrons. The standard InChI is InChI=1S/C11H14O4/c1-14-7-8-3-4-10(15-2)9(5-6-12)11(8)13/h3-4,6,13H,5,7H2,1-2H3. The van der Waals surface area contributed by atoms with Crippen LogP contribution in [0.25, 0.3) is 0 Å². The molecule has 4 heteroatoms. The molecule has 15 heavy (non-hydrogen) atoms. The number of rotatable bonds is 5. The molecule has 0 fully saturated rings. The summed E-state index contributed by atoms with van der Waals surface area (Å²) >= 11 is 0. The van der Waals surface area contributed by atoms with Crippen molar-refractivity contribution in [3.05, 3.63) is 23.3 Å². The van der Waals surface area contributed by atoms with E-state index in [1.54, 1.807) is 19.2 Å². The molecule has 0 bridgehead atoms. The SMILES string of the molecule is COCc1ccc(OC)c(CC=O)c1O. The van der Waals surface area contributed by atoms with Crippen molar-refractivity contribution in [3.8, 4) is 11.5 Å². The van der Waals surface area contributed by atoms with Gasteiger partial charge in [0, 0.05) is 24.7 Å². The minimum atomic E-state index is 0.0725. The van der Waals surface area contributed by atoms with Gasteiger partial charge < -0.3 is 19.4 Å². The third-order valence-corrected chi connectivity index (χ3v) is 2.13. The Morgan fingerprint density at radius 1 is 1.40 bits per heavy atom. The molecule has 0 saturated carbocycles. The lowest BCUT2D eigenvalue weighted by molar-refractivity contribution is -0.107. The van der Waals surface area contributed by atoms with Crippen LogP contribution in [0.3, 0.4) is 0 Å². The van der Waals surface area contributed by atoms with Crippen molar-refractivity contribution in [1.29, 1.82) is 0 Å². The van der Waals surface area contributed by atoms with Crippen molar-refractivity contribution in [2.45, 2.75) is 13.0 Å². The first kappa shape index (κ1) is 11.5. The van der Waals surface area contributed by atoms with Crippen LogP contribution < -0.4 is 4.74 Å². The van der Waals surface area contributed by atoms with Crippen molar-refractivity contribution >= 4 is 6.29 Å². The molecule has 0 aliphatic rings. The largest absolute Gasteiger partial charge is 0.507 e. The second-order valence-electron chi connectivity index (χ2n) is 3.06. The zero-order chi connectivity index (χ0) is 11.3. The molecule has 0 heterocycles. The predicted octanol–water partition coefficient (Wildman–Crippen LogP) is 1.29. The van der Waals surface area contributed by atoms with Gasteiger partial charge in [-0.3, -0.25) is 0 Å². The van der Waals surface area contributed by atoms with Crippen LogP contribution in [0.5, 0.6) is 11.5 Å². The van der Waals surface area contributed by atoms with Crippen LogP contribution in [0.4, 0.5) is 0 Å². The Bertz CT molecular complexity index is 347. The smallest absolute Gasteiger partial charge is 0.128 e. The summed E-state index contributed by atoms with van der Waals surface area (Å²) in [6.07, 6.45) is 0.862. The summed E-state index contributed by atoms with van der Waals surface area (Å²) in [7, 11) is 3.04. The van der Waals surface area contributed by atoms with Gasteiger partial charge in [0.25, 0.3) is 0 Å². The molecular formula is C11H14O4. The quantitative estimate of drug-likeness (QED) is 0.744. The van der Waals surface area contributed by atoms with Gasteiger partial charge in [-0.25, -0.2) is 0 Å². The Morgan fingerprint density at radius 3 is 2.67 bits per heavy atom. The number of benzene rings is 1. The number of phenolic OH excluding ortho intramolecular Hbond substituents is 1. The van der Waals surface area contributed by atoms with E-state index in [4.69, 9.17) is 9.47 Å². The molecular weight excluding hydrogens is 196 g/mol. The molecule has 1 aromatic carbocycles. The minimum Gasteiger partial charge on any atom is -0.507 e. The monoisotopic (exact) mass is 210 g/mol. The van der Waals surface area contributed by atoms with Gasteiger partial charge in [-0.2, -0.15) is 0 Å². The zero-order valence-corrected chi connectivity index (χ0v) is 8.82. The highest BCUT2D eigenvalue weighted by Gasteiger charge is 2.12. The third kappa shape index (κ3) is 2.47. The highest BCUT2D eigenvalue weighted by atomic mass is 16.5. The van der Waals surface area contributed by atoms with Crippen LogP contribution in [-0.4, -0.2) is 25.6 Å². The van der Waals surface area contributed by atoms with E-state index in [0.717, 1.165) is 6.29 Å². The van der Waals surface area contributed by atoms with E-state index < -0.39 is 0 Å². The molecule has 0 atom stereocenters. The molecule has 4 nitrogen and oxygen atoms in total. The lowest BCUT2D eigenvalue weighted by Gasteiger charge is -2.11.